The van der Waals surface area contributed by atoms with Gasteiger partial charge in [-0.05, 0) is 37.1 Å². The normalized spacial score (nSPS) is 14.5. The first-order valence-electron chi connectivity index (χ1n) is 7.69. The quantitative estimate of drug-likeness (QED) is 0.805. The zero-order valence-electron chi connectivity index (χ0n) is 13.3. The first kappa shape index (κ1) is 16.7. The molecule has 1 N–H and O–H groups in total. The SMILES string of the molecule is COc1ccc(-c2cc(=O)n(CCNS(=O)(=O)C3CC3)cn2)cc1. The molecule has 0 radical (unpaired) electrons. The van der Waals surface area contributed by atoms with Crippen molar-refractivity contribution in [1.29, 1.82) is 0 Å². The van der Waals surface area contributed by atoms with E-state index in [1.807, 2.05) is 12.1 Å². The first-order chi connectivity index (χ1) is 11.5. The van der Waals surface area contributed by atoms with Gasteiger partial charge < -0.3 is 4.74 Å². The summed E-state index contributed by atoms with van der Waals surface area (Å²) < 4.78 is 32.5. The Balaban J connectivity index is 1.66. The van der Waals surface area contributed by atoms with Crippen LogP contribution in [-0.4, -0.2) is 36.9 Å². The fraction of sp³-hybridized carbons (Fsp3) is 0.375. The van der Waals surface area contributed by atoms with Crippen molar-refractivity contribution < 1.29 is 13.2 Å². The smallest absolute Gasteiger partial charge is 0.253 e. The highest BCUT2D eigenvalue weighted by atomic mass is 32.2. The Labute approximate surface area is 140 Å². The fourth-order valence-corrected chi connectivity index (χ4v) is 3.69. The lowest BCUT2D eigenvalue weighted by atomic mass is 10.1. The Morgan fingerprint density at radius 3 is 2.58 bits per heavy atom. The molecular formula is C16H19N3O4S. The van der Waals surface area contributed by atoms with Gasteiger partial charge >= 0.3 is 0 Å². The van der Waals surface area contributed by atoms with Gasteiger partial charge in [-0.1, -0.05) is 0 Å². The maximum atomic E-state index is 12.2. The highest BCUT2D eigenvalue weighted by Gasteiger charge is 2.35. The molecule has 2 aromatic rings. The lowest BCUT2D eigenvalue weighted by Crippen LogP contribution is -2.32. The predicted octanol–water partition coefficient (Wildman–Crippen LogP) is 1.00. The zero-order valence-corrected chi connectivity index (χ0v) is 14.1. The van der Waals surface area contributed by atoms with Gasteiger partial charge in [0.15, 0.2) is 0 Å². The van der Waals surface area contributed by atoms with Crippen LogP contribution in [-0.2, 0) is 16.6 Å². The summed E-state index contributed by atoms with van der Waals surface area (Å²) in [6, 6.07) is 8.70. The van der Waals surface area contributed by atoms with E-state index in [1.165, 1.54) is 17.0 Å². The molecule has 1 aromatic carbocycles. The van der Waals surface area contributed by atoms with Crippen LogP contribution in [0.5, 0.6) is 5.75 Å². The minimum absolute atomic E-state index is 0.183. The van der Waals surface area contributed by atoms with Crippen LogP contribution in [0.15, 0.2) is 41.5 Å². The van der Waals surface area contributed by atoms with Crippen LogP contribution in [0.3, 0.4) is 0 Å². The Kier molecular flexibility index (Phi) is 4.68. The number of sulfonamides is 1. The summed E-state index contributed by atoms with van der Waals surface area (Å²) in [7, 11) is -1.64. The molecule has 1 aromatic heterocycles. The Morgan fingerprint density at radius 1 is 1.29 bits per heavy atom. The van der Waals surface area contributed by atoms with E-state index in [1.54, 1.807) is 19.2 Å². The second-order valence-electron chi connectivity index (χ2n) is 5.67. The standard InChI is InChI=1S/C16H19N3O4S/c1-23-13-4-2-12(3-5-13)15-10-16(20)19(11-17-15)9-8-18-24(21,22)14-6-7-14/h2-5,10-11,14,18H,6-9H2,1H3. The van der Waals surface area contributed by atoms with Crippen molar-refractivity contribution in [2.45, 2.75) is 24.6 Å². The number of nitrogens with zero attached hydrogens (tertiary/aromatic N) is 2. The van der Waals surface area contributed by atoms with Crippen molar-refractivity contribution in [3.63, 3.8) is 0 Å². The number of hydrogen-bond donors (Lipinski definition) is 1. The third kappa shape index (κ3) is 3.82. The van der Waals surface area contributed by atoms with Crippen LogP contribution in [0.1, 0.15) is 12.8 Å². The van der Waals surface area contributed by atoms with E-state index in [2.05, 4.69) is 9.71 Å². The predicted molar refractivity (Wildman–Crippen MR) is 90.4 cm³/mol. The summed E-state index contributed by atoms with van der Waals surface area (Å²) >= 11 is 0. The van der Waals surface area contributed by atoms with E-state index in [-0.39, 0.29) is 23.9 Å². The van der Waals surface area contributed by atoms with Gasteiger partial charge in [-0.25, -0.2) is 18.1 Å². The minimum Gasteiger partial charge on any atom is -0.497 e. The molecule has 1 fully saturated rings. The second-order valence-corrected chi connectivity index (χ2v) is 7.72. The summed E-state index contributed by atoms with van der Waals surface area (Å²) in [6.07, 6.45) is 2.87. The highest BCUT2D eigenvalue weighted by Crippen LogP contribution is 2.27. The van der Waals surface area contributed by atoms with Gasteiger partial charge in [0.25, 0.3) is 5.56 Å². The number of methoxy groups -OCH3 is 1. The van der Waals surface area contributed by atoms with Gasteiger partial charge in [0.2, 0.25) is 10.0 Å². The van der Waals surface area contributed by atoms with E-state index in [0.717, 1.165) is 11.3 Å². The molecule has 1 aliphatic carbocycles. The van der Waals surface area contributed by atoms with Crippen molar-refractivity contribution in [3.8, 4) is 17.0 Å². The van der Waals surface area contributed by atoms with Crippen LogP contribution in [0.4, 0.5) is 0 Å². The van der Waals surface area contributed by atoms with E-state index >= 15 is 0 Å². The van der Waals surface area contributed by atoms with Crippen molar-refractivity contribution >= 4 is 10.0 Å². The minimum atomic E-state index is -3.23. The van der Waals surface area contributed by atoms with Gasteiger partial charge in [0.05, 0.1) is 24.4 Å². The van der Waals surface area contributed by atoms with Gasteiger partial charge in [0, 0.05) is 24.7 Å². The van der Waals surface area contributed by atoms with E-state index < -0.39 is 10.0 Å². The van der Waals surface area contributed by atoms with E-state index in [9.17, 15) is 13.2 Å². The number of nitrogens with one attached hydrogen (secondary N) is 1. The highest BCUT2D eigenvalue weighted by molar-refractivity contribution is 7.90. The summed E-state index contributed by atoms with van der Waals surface area (Å²) in [4.78, 5) is 16.4. The molecule has 0 unspecified atom stereocenters. The average molecular weight is 349 g/mol. The van der Waals surface area contributed by atoms with E-state index in [4.69, 9.17) is 4.74 Å². The fourth-order valence-electron chi connectivity index (χ4n) is 2.32. The van der Waals surface area contributed by atoms with Crippen molar-refractivity contribution in [3.05, 3.63) is 47.0 Å². The summed E-state index contributed by atoms with van der Waals surface area (Å²) in [5.74, 6) is 0.732. The maximum Gasteiger partial charge on any atom is 0.253 e. The largest absolute Gasteiger partial charge is 0.497 e. The van der Waals surface area contributed by atoms with E-state index in [0.29, 0.717) is 18.5 Å². The summed E-state index contributed by atoms with van der Waals surface area (Å²) in [5, 5.41) is -0.259. The average Bonchev–Trinajstić information content (AvgIpc) is 3.42. The molecule has 1 saturated carbocycles. The van der Waals surface area contributed by atoms with Crippen LogP contribution in [0.2, 0.25) is 0 Å². The molecule has 0 spiro atoms. The van der Waals surface area contributed by atoms with Gasteiger partial charge in [0.1, 0.15) is 5.75 Å². The molecule has 24 heavy (non-hydrogen) atoms. The molecule has 0 aliphatic heterocycles. The topological polar surface area (TPSA) is 90.3 Å². The van der Waals surface area contributed by atoms with Gasteiger partial charge in [-0.3, -0.25) is 9.36 Å². The zero-order chi connectivity index (χ0) is 17.2. The summed E-state index contributed by atoms with van der Waals surface area (Å²) in [6.45, 7) is 0.434. The number of rotatable bonds is 7. The maximum absolute atomic E-state index is 12.2. The van der Waals surface area contributed by atoms with Gasteiger partial charge in [-0.15, -0.1) is 0 Å². The molecule has 128 valence electrons. The van der Waals surface area contributed by atoms with Crippen LogP contribution < -0.4 is 15.0 Å². The number of aromatic nitrogens is 2. The summed E-state index contributed by atoms with van der Waals surface area (Å²) in [5.41, 5.74) is 1.16. The molecule has 7 nitrogen and oxygen atoms in total. The van der Waals surface area contributed by atoms with Crippen LogP contribution >= 0.6 is 0 Å². The van der Waals surface area contributed by atoms with Crippen LogP contribution in [0, 0.1) is 0 Å². The lowest BCUT2D eigenvalue weighted by Gasteiger charge is -2.08. The van der Waals surface area contributed by atoms with Crippen molar-refractivity contribution in [1.82, 2.24) is 14.3 Å². The third-order valence-electron chi connectivity index (χ3n) is 3.88. The number of ether oxygens (including phenoxy) is 1. The molecule has 8 heteroatoms. The Bertz CT molecular complexity index is 871. The van der Waals surface area contributed by atoms with Gasteiger partial charge in [-0.2, -0.15) is 0 Å². The van der Waals surface area contributed by atoms with Crippen molar-refractivity contribution in [2.75, 3.05) is 13.7 Å². The lowest BCUT2D eigenvalue weighted by molar-refractivity contribution is 0.415. The molecule has 1 heterocycles. The molecule has 0 saturated heterocycles. The van der Waals surface area contributed by atoms with Crippen LogP contribution in [0.25, 0.3) is 11.3 Å². The number of benzene rings is 1. The Hall–Kier alpha value is -2.19. The first-order valence-corrected chi connectivity index (χ1v) is 9.23. The molecule has 0 amide bonds. The third-order valence-corrected chi connectivity index (χ3v) is 5.84. The monoisotopic (exact) mass is 349 g/mol. The Morgan fingerprint density at radius 2 is 2.00 bits per heavy atom. The second kappa shape index (κ2) is 6.74. The van der Waals surface area contributed by atoms with Crippen molar-refractivity contribution in [2.24, 2.45) is 0 Å². The molecule has 0 bridgehead atoms. The molecule has 1 aliphatic rings. The molecule has 0 atom stereocenters. The molecule has 3 rings (SSSR count). The molecular weight excluding hydrogens is 330 g/mol. The number of hydrogen-bond acceptors (Lipinski definition) is 5.